The molecule has 1 aromatic heterocycles. The molecule has 5 heteroatoms. The standard InChI is InChI=1S/C13H18BrNO2S/c1-8-4-12(18-10(8)3)13(16)15-6-11(5-14)17-7-9(15)2/h4,9,11H,5-7H2,1-3H3. The molecule has 2 atom stereocenters. The number of carbonyl (C=O) groups excluding carboxylic acids is 1. The zero-order valence-electron chi connectivity index (χ0n) is 10.9. The fraction of sp³-hybridized carbons (Fsp3) is 0.615. The Morgan fingerprint density at radius 3 is 2.89 bits per heavy atom. The van der Waals surface area contributed by atoms with Gasteiger partial charge in [-0.05, 0) is 32.4 Å². The van der Waals surface area contributed by atoms with Crippen molar-refractivity contribution in [3.63, 3.8) is 0 Å². The second-order valence-corrected chi connectivity index (χ2v) is 6.67. The van der Waals surface area contributed by atoms with Crippen LogP contribution in [0.5, 0.6) is 0 Å². The smallest absolute Gasteiger partial charge is 0.264 e. The van der Waals surface area contributed by atoms with Gasteiger partial charge in [0.1, 0.15) is 0 Å². The number of alkyl halides is 1. The molecule has 2 heterocycles. The molecule has 0 aliphatic carbocycles. The first-order valence-corrected chi connectivity index (χ1v) is 8.02. The molecule has 100 valence electrons. The van der Waals surface area contributed by atoms with Gasteiger partial charge in [-0.15, -0.1) is 11.3 Å². The molecule has 0 bridgehead atoms. The number of aryl methyl sites for hydroxylation is 2. The van der Waals surface area contributed by atoms with Crippen LogP contribution >= 0.6 is 27.3 Å². The minimum Gasteiger partial charge on any atom is -0.373 e. The number of ether oxygens (including phenoxy) is 1. The molecule has 3 nitrogen and oxygen atoms in total. The summed E-state index contributed by atoms with van der Waals surface area (Å²) in [6.07, 6.45) is 0.104. The number of nitrogens with zero attached hydrogens (tertiary/aromatic N) is 1. The van der Waals surface area contributed by atoms with Crippen LogP contribution in [0, 0.1) is 13.8 Å². The van der Waals surface area contributed by atoms with Gasteiger partial charge in [-0.1, -0.05) is 15.9 Å². The molecule has 0 spiro atoms. The molecule has 1 amide bonds. The zero-order valence-corrected chi connectivity index (χ0v) is 13.3. The van der Waals surface area contributed by atoms with Crippen LogP contribution in [0.2, 0.25) is 0 Å². The summed E-state index contributed by atoms with van der Waals surface area (Å²) in [5, 5.41) is 0.770. The van der Waals surface area contributed by atoms with Gasteiger partial charge in [-0.2, -0.15) is 0 Å². The van der Waals surface area contributed by atoms with Gasteiger partial charge < -0.3 is 9.64 Å². The van der Waals surface area contributed by atoms with Crippen LogP contribution in [0.1, 0.15) is 27.0 Å². The lowest BCUT2D eigenvalue weighted by Crippen LogP contribution is -2.51. The van der Waals surface area contributed by atoms with Gasteiger partial charge in [-0.25, -0.2) is 0 Å². The summed E-state index contributed by atoms with van der Waals surface area (Å²) in [4.78, 5) is 16.5. The first-order chi connectivity index (χ1) is 8.52. The number of carbonyl (C=O) groups is 1. The number of hydrogen-bond acceptors (Lipinski definition) is 3. The molecule has 1 aliphatic heterocycles. The molecule has 0 N–H and O–H groups in total. The fourth-order valence-corrected chi connectivity index (χ4v) is 3.40. The summed E-state index contributed by atoms with van der Waals surface area (Å²) >= 11 is 5.00. The Hall–Kier alpha value is -0.390. The van der Waals surface area contributed by atoms with E-state index in [1.807, 2.05) is 24.8 Å². The average Bonchev–Trinajstić information content (AvgIpc) is 2.69. The highest BCUT2D eigenvalue weighted by Gasteiger charge is 2.30. The minimum atomic E-state index is 0.104. The first-order valence-electron chi connectivity index (χ1n) is 6.08. The van der Waals surface area contributed by atoms with Crippen molar-refractivity contribution >= 4 is 33.2 Å². The van der Waals surface area contributed by atoms with Gasteiger partial charge in [0.05, 0.1) is 23.6 Å². The van der Waals surface area contributed by atoms with Gasteiger partial charge in [0.25, 0.3) is 5.91 Å². The van der Waals surface area contributed by atoms with Gasteiger partial charge in [-0.3, -0.25) is 4.79 Å². The van der Waals surface area contributed by atoms with Gasteiger partial charge >= 0.3 is 0 Å². The zero-order chi connectivity index (χ0) is 13.3. The summed E-state index contributed by atoms with van der Waals surface area (Å²) in [7, 11) is 0. The topological polar surface area (TPSA) is 29.5 Å². The lowest BCUT2D eigenvalue weighted by Gasteiger charge is -2.37. The van der Waals surface area contributed by atoms with Crippen LogP contribution in [0.3, 0.4) is 0 Å². The molecule has 0 saturated carbocycles. The molecular weight excluding hydrogens is 314 g/mol. The summed E-state index contributed by atoms with van der Waals surface area (Å²) in [6, 6.07) is 2.14. The highest BCUT2D eigenvalue weighted by molar-refractivity contribution is 9.09. The third-order valence-electron chi connectivity index (χ3n) is 3.32. The highest BCUT2D eigenvalue weighted by Crippen LogP contribution is 2.24. The van der Waals surface area contributed by atoms with Crippen LogP contribution < -0.4 is 0 Å². The van der Waals surface area contributed by atoms with Gasteiger partial charge in [0.15, 0.2) is 0 Å². The van der Waals surface area contributed by atoms with E-state index in [1.165, 1.54) is 10.4 Å². The number of rotatable bonds is 2. The molecule has 0 radical (unpaired) electrons. The van der Waals surface area contributed by atoms with Gasteiger partial charge in [0, 0.05) is 16.8 Å². The Kier molecular flexibility index (Phi) is 4.45. The van der Waals surface area contributed by atoms with Crippen molar-refractivity contribution in [3.05, 3.63) is 21.4 Å². The molecule has 18 heavy (non-hydrogen) atoms. The van der Waals surface area contributed by atoms with E-state index in [9.17, 15) is 4.79 Å². The minimum absolute atomic E-state index is 0.104. The van der Waals surface area contributed by atoms with Crippen molar-refractivity contribution in [3.8, 4) is 0 Å². The van der Waals surface area contributed by atoms with Crippen LogP contribution in [-0.4, -0.2) is 41.4 Å². The van der Waals surface area contributed by atoms with E-state index < -0.39 is 0 Å². The van der Waals surface area contributed by atoms with E-state index in [4.69, 9.17) is 4.74 Å². The maximum absolute atomic E-state index is 12.5. The molecule has 1 aromatic rings. The molecule has 0 aromatic carbocycles. The third-order valence-corrected chi connectivity index (χ3v) is 5.18. The number of morpholine rings is 1. The molecule has 2 unspecified atom stereocenters. The van der Waals surface area contributed by atoms with Crippen LogP contribution in [0.25, 0.3) is 0 Å². The quantitative estimate of drug-likeness (QED) is 0.779. The van der Waals surface area contributed by atoms with Gasteiger partial charge in [0.2, 0.25) is 0 Å². The number of halogens is 1. The summed E-state index contributed by atoms with van der Waals surface area (Å²) in [5.41, 5.74) is 1.20. The van der Waals surface area contributed by atoms with Crippen molar-refractivity contribution in [2.45, 2.75) is 32.9 Å². The van der Waals surface area contributed by atoms with E-state index in [0.29, 0.717) is 13.2 Å². The molecule has 2 rings (SSSR count). The first kappa shape index (κ1) is 14.0. The molecule has 1 fully saturated rings. The SMILES string of the molecule is Cc1cc(C(=O)N2CC(CBr)OCC2C)sc1C. The monoisotopic (exact) mass is 331 g/mol. The second-order valence-electron chi connectivity index (χ2n) is 4.77. The predicted molar refractivity (Wildman–Crippen MR) is 77.8 cm³/mol. The highest BCUT2D eigenvalue weighted by atomic mass is 79.9. The second kappa shape index (κ2) is 5.72. The van der Waals surface area contributed by atoms with Crippen molar-refractivity contribution < 1.29 is 9.53 Å². The van der Waals surface area contributed by atoms with Crippen molar-refractivity contribution in [1.82, 2.24) is 4.90 Å². The maximum atomic E-state index is 12.5. The number of hydrogen-bond donors (Lipinski definition) is 0. The Morgan fingerprint density at radius 1 is 1.61 bits per heavy atom. The summed E-state index contributed by atoms with van der Waals surface area (Å²) in [6.45, 7) is 7.43. The third kappa shape index (κ3) is 2.78. The van der Waals surface area contributed by atoms with Crippen LogP contribution in [0.4, 0.5) is 0 Å². The Labute approximate surface area is 120 Å². The molecular formula is C13H18BrNO2S. The van der Waals surface area contributed by atoms with E-state index in [2.05, 4.69) is 22.9 Å². The molecule has 1 aliphatic rings. The average molecular weight is 332 g/mol. The van der Waals surface area contributed by atoms with E-state index in [-0.39, 0.29) is 18.1 Å². The van der Waals surface area contributed by atoms with E-state index >= 15 is 0 Å². The van der Waals surface area contributed by atoms with Crippen molar-refractivity contribution in [1.29, 1.82) is 0 Å². The van der Waals surface area contributed by atoms with Crippen LogP contribution in [-0.2, 0) is 4.74 Å². The lowest BCUT2D eigenvalue weighted by molar-refractivity contribution is -0.0359. The predicted octanol–water partition coefficient (Wildman–Crippen LogP) is 2.99. The van der Waals surface area contributed by atoms with Crippen molar-refractivity contribution in [2.24, 2.45) is 0 Å². The largest absolute Gasteiger partial charge is 0.373 e. The lowest BCUT2D eigenvalue weighted by atomic mass is 10.2. The molecule has 1 saturated heterocycles. The Balaban J connectivity index is 2.16. The fourth-order valence-electron chi connectivity index (χ4n) is 2.01. The van der Waals surface area contributed by atoms with Crippen LogP contribution in [0.15, 0.2) is 6.07 Å². The maximum Gasteiger partial charge on any atom is 0.264 e. The Bertz CT molecular complexity index is 427. The summed E-state index contributed by atoms with van der Waals surface area (Å²) < 4.78 is 5.65. The normalized spacial score (nSPS) is 24.3. The number of amides is 1. The van der Waals surface area contributed by atoms with E-state index in [1.54, 1.807) is 11.3 Å². The number of thiophene rings is 1. The van der Waals surface area contributed by atoms with E-state index in [0.717, 1.165) is 10.2 Å². The Morgan fingerprint density at radius 2 is 2.33 bits per heavy atom. The summed E-state index contributed by atoms with van der Waals surface area (Å²) in [5.74, 6) is 0.137. The van der Waals surface area contributed by atoms with Crippen molar-refractivity contribution in [2.75, 3.05) is 18.5 Å².